The van der Waals surface area contributed by atoms with E-state index in [4.69, 9.17) is 9.97 Å². The molecule has 77 heavy (non-hydrogen) atoms. The monoisotopic (exact) mass is 1010 g/mol. The van der Waals surface area contributed by atoms with Gasteiger partial charge in [0.2, 0.25) is 0 Å². The summed E-state index contributed by atoms with van der Waals surface area (Å²) < 4.78 is 0. The number of aromatic nitrogens is 12. The molecule has 0 bridgehead atoms. The zero-order valence-corrected chi connectivity index (χ0v) is 42.2. The number of H-pyrrole nitrogens is 4. The third kappa shape index (κ3) is 10.1. The number of rotatable bonds is 14. The number of benzene rings is 5. The minimum Gasteiger partial charge on any atom is -0.337 e. The van der Waals surface area contributed by atoms with Crippen LogP contribution in [0, 0.1) is 5.92 Å². The predicted molar refractivity (Wildman–Crippen MR) is 306 cm³/mol. The molecule has 0 spiro atoms. The number of para-hydroxylation sites is 2. The number of pyridine rings is 4. The molecule has 1 saturated carbocycles. The smallest absolute Gasteiger partial charge is 0.159 e. The van der Waals surface area contributed by atoms with E-state index in [0.717, 1.165) is 144 Å². The van der Waals surface area contributed by atoms with Gasteiger partial charge in [-0.2, -0.15) is 10.2 Å². The molecule has 0 aliphatic heterocycles. The molecule has 0 radical (unpaired) electrons. The number of nitrogens with zero attached hydrogens (tertiary/aromatic N) is 8. The fraction of sp³-hybridized carbons (Fsp3) is 0.143. The van der Waals surface area contributed by atoms with Gasteiger partial charge in [0.1, 0.15) is 11.4 Å². The van der Waals surface area contributed by atoms with E-state index in [1.165, 1.54) is 36.8 Å². The van der Waals surface area contributed by atoms with Crippen LogP contribution < -0.4 is 10.6 Å². The van der Waals surface area contributed by atoms with Gasteiger partial charge in [0, 0.05) is 89.8 Å². The third-order valence-corrected chi connectivity index (χ3v) is 14.5. The maximum atomic E-state index is 4.97. The predicted octanol–water partition coefficient (Wildman–Crippen LogP) is 13.0. The van der Waals surface area contributed by atoms with Crippen LogP contribution in [0.25, 0.3) is 112 Å². The summed E-state index contributed by atoms with van der Waals surface area (Å²) in [5, 5.41) is 24.8. The first kappa shape index (κ1) is 47.2. The normalized spacial score (nSPS) is 12.7. The molecule has 376 valence electrons. The Kier molecular flexibility index (Phi) is 13.1. The summed E-state index contributed by atoms with van der Waals surface area (Å²) in [6.07, 6.45) is 16.8. The van der Waals surface area contributed by atoms with Gasteiger partial charge in [0.25, 0.3) is 0 Å². The number of hydrogen-bond donors (Lipinski definition) is 6. The lowest BCUT2D eigenvalue weighted by Crippen LogP contribution is -2.20. The topological polar surface area (TPSA) is 190 Å². The van der Waals surface area contributed by atoms with Crippen molar-refractivity contribution < 1.29 is 0 Å². The summed E-state index contributed by atoms with van der Waals surface area (Å²) in [6.45, 7) is 3.49. The van der Waals surface area contributed by atoms with E-state index in [9.17, 15) is 0 Å². The van der Waals surface area contributed by atoms with Crippen LogP contribution in [0.5, 0.6) is 0 Å². The van der Waals surface area contributed by atoms with Crippen LogP contribution in [0.3, 0.4) is 0 Å². The lowest BCUT2D eigenvalue weighted by Gasteiger charge is -2.11. The molecular weight excluding hydrogens is 953 g/mol. The SMILES string of the molecule is c1ccc(-c2cccc3[nH]c(-c4n[nH]c5ccc(-c6cncc(CNCC7CCCC7)c6)cc45)nc23)nc1.c1ccc(CNCc2cncc(-c3ccc4[nH]nc(-c5nc6c(-c7ccccn7)cccc6[nH]5)c4c3)c2)cc1. The van der Waals surface area contributed by atoms with Crippen molar-refractivity contribution in [1.82, 2.24) is 70.9 Å². The zero-order chi connectivity index (χ0) is 51.3. The lowest BCUT2D eigenvalue weighted by atomic mass is 10.0. The van der Waals surface area contributed by atoms with Gasteiger partial charge < -0.3 is 20.6 Å². The third-order valence-electron chi connectivity index (χ3n) is 14.5. The first-order valence-electron chi connectivity index (χ1n) is 26.2. The van der Waals surface area contributed by atoms with Gasteiger partial charge in [-0.25, -0.2) is 9.97 Å². The first-order valence-corrected chi connectivity index (χ1v) is 26.2. The molecule has 14 rings (SSSR count). The van der Waals surface area contributed by atoms with Crippen molar-refractivity contribution in [2.24, 2.45) is 5.92 Å². The van der Waals surface area contributed by atoms with Crippen LogP contribution in [-0.4, -0.2) is 66.8 Å². The van der Waals surface area contributed by atoms with Gasteiger partial charge in [-0.1, -0.05) is 91.7 Å². The number of fused-ring (bicyclic) bond motifs is 4. The molecule has 1 aliphatic rings. The molecule has 1 fully saturated rings. The second-order valence-corrected chi connectivity index (χ2v) is 19.7. The number of aromatic amines is 4. The molecule has 13 aromatic rings. The van der Waals surface area contributed by atoms with Crippen molar-refractivity contribution in [2.45, 2.75) is 45.3 Å². The quantitative estimate of drug-likeness (QED) is 0.0611. The Bertz CT molecular complexity index is 4140. The van der Waals surface area contributed by atoms with Crippen LogP contribution in [-0.2, 0) is 19.6 Å². The van der Waals surface area contributed by atoms with Crippen LogP contribution in [0.4, 0.5) is 0 Å². The maximum absolute atomic E-state index is 4.97. The van der Waals surface area contributed by atoms with E-state index >= 15 is 0 Å². The van der Waals surface area contributed by atoms with Gasteiger partial charge >= 0.3 is 0 Å². The highest BCUT2D eigenvalue weighted by Crippen LogP contribution is 2.35. The molecule has 1 aliphatic carbocycles. The second kappa shape index (κ2) is 21.4. The Morgan fingerprint density at radius 3 is 1.49 bits per heavy atom. The average molecular weight is 1010 g/mol. The van der Waals surface area contributed by atoms with Crippen LogP contribution >= 0.6 is 0 Å². The van der Waals surface area contributed by atoms with E-state index in [0.29, 0.717) is 5.82 Å². The Hall–Kier alpha value is -9.50. The van der Waals surface area contributed by atoms with Crippen molar-refractivity contribution in [3.05, 3.63) is 206 Å². The summed E-state index contributed by atoms with van der Waals surface area (Å²) in [6, 6.07) is 51.5. The van der Waals surface area contributed by atoms with Crippen molar-refractivity contribution >= 4 is 43.9 Å². The molecule has 8 aromatic heterocycles. The zero-order valence-electron chi connectivity index (χ0n) is 42.2. The summed E-state index contributed by atoms with van der Waals surface area (Å²) in [5.41, 5.74) is 18.9. The summed E-state index contributed by atoms with van der Waals surface area (Å²) >= 11 is 0. The number of hydrogen-bond acceptors (Lipinski definition) is 10. The molecule has 8 heterocycles. The molecule has 6 N–H and O–H groups in total. The largest absolute Gasteiger partial charge is 0.337 e. The first-order chi connectivity index (χ1) is 38.1. The van der Waals surface area contributed by atoms with E-state index in [2.05, 4.69) is 140 Å². The Morgan fingerprint density at radius 1 is 0.442 bits per heavy atom. The minimum absolute atomic E-state index is 0.716. The molecule has 5 aromatic carbocycles. The summed E-state index contributed by atoms with van der Waals surface area (Å²) in [5.74, 6) is 2.27. The number of imidazole rings is 2. The second-order valence-electron chi connectivity index (χ2n) is 19.7. The van der Waals surface area contributed by atoms with Gasteiger partial charge in [0.05, 0.1) is 44.5 Å². The van der Waals surface area contributed by atoms with Crippen molar-refractivity contribution in [3.63, 3.8) is 0 Å². The van der Waals surface area contributed by atoms with Crippen molar-refractivity contribution in [3.8, 4) is 67.8 Å². The van der Waals surface area contributed by atoms with Crippen LogP contribution in [0.1, 0.15) is 42.4 Å². The van der Waals surface area contributed by atoms with Crippen molar-refractivity contribution in [1.29, 1.82) is 0 Å². The molecule has 14 heteroatoms. The standard InChI is InChI=1S/C32H25N7.C31H29N7/c1-2-7-21(8-3-1)17-33-18-22-15-24(20-34-19-22)23-12-13-28-26(16-23)31(39-38-28)32-36-29-11-6-9-25(30(29)37-32)27-10-4-5-14-35-27;1-2-7-20(6-1)16-32-17-21-14-23(19-33-18-21)22-11-12-27-25(15-22)30(38-37-27)31-35-28-10-5-8-24(29(28)36-31)26-9-3-4-13-34-26/h1-16,19-20,33H,17-18H2,(H,36,37)(H,38,39);3-5,8-15,18-20,32H,1-2,6-7,16-17H2,(H,35,36)(H,37,38). The van der Waals surface area contributed by atoms with E-state index in [-0.39, 0.29) is 0 Å². The van der Waals surface area contributed by atoms with Crippen LogP contribution in [0.2, 0.25) is 0 Å². The highest BCUT2D eigenvalue weighted by molar-refractivity contribution is 5.99. The Balaban J connectivity index is 0.000000147. The van der Waals surface area contributed by atoms with Gasteiger partial charge in [-0.05, 0) is 126 Å². The van der Waals surface area contributed by atoms with Gasteiger partial charge in [0.15, 0.2) is 11.6 Å². The molecule has 0 unspecified atom stereocenters. The number of nitrogens with one attached hydrogen (secondary N) is 6. The van der Waals surface area contributed by atoms with Gasteiger partial charge in [-0.3, -0.25) is 30.1 Å². The lowest BCUT2D eigenvalue weighted by molar-refractivity contribution is 0.489. The van der Waals surface area contributed by atoms with Crippen molar-refractivity contribution in [2.75, 3.05) is 6.54 Å². The van der Waals surface area contributed by atoms with E-state index in [1.54, 1.807) is 12.4 Å². The van der Waals surface area contributed by atoms with E-state index < -0.39 is 0 Å². The summed E-state index contributed by atoms with van der Waals surface area (Å²) in [7, 11) is 0. The molecular formula is C63H54N14. The average Bonchev–Trinajstić information content (AvgIpc) is 4.44. The fourth-order valence-corrected chi connectivity index (χ4v) is 10.6. The minimum atomic E-state index is 0.716. The Morgan fingerprint density at radius 2 is 0.961 bits per heavy atom. The highest BCUT2D eigenvalue weighted by atomic mass is 15.1. The highest BCUT2D eigenvalue weighted by Gasteiger charge is 2.19. The summed E-state index contributed by atoms with van der Waals surface area (Å²) in [4.78, 5) is 35.0. The molecule has 0 saturated heterocycles. The van der Waals surface area contributed by atoms with Gasteiger partial charge in [-0.15, -0.1) is 0 Å². The van der Waals surface area contributed by atoms with E-state index in [1.807, 2.05) is 97.6 Å². The Labute approximate surface area is 444 Å². The fourth-order valence-electron chi connectivity index (χ4n) is 10.6. The van der Waals surface area contributed by atoms with Crippen LogP contribution in [0.15, 0.2) is 189 Å². The molecule has 0 atom stereocenters. The maximum Gasteiger partial charge on any atom is 0.159 e. The molecule has 14 nitrogen and oxygen atoms in total. The molecule has 0 amide bonds.